The first-order valence-electron chi connectivity index (χ1n) is 9.92. The number of aromatic nitrogens is 4. The van der Waals surface area contributed by atoms with E-state index < -0.39 is 30.7 Å². The number of fused-ring (bicyclic) bond motifs is 1. The quantitative estimate of drug-likeness (QED) is 0.562. The highest BCUT2D eigenvalue weighted by molar-refractivity contribution is 5.84. The maximum absolute atomic E-state index is 15.3. The first-order valence-corrected chi connectivity index (χ1v) is 9.92. The minimum Gasteiger partial charge on any atom is -0.394 e. The Morgan fingerprint density at radius 1 is 1.33 bits per heavy atom. The van der Waals surface area contributed by atoms with Crippen LogP contribution in [0, 0.1) is 0 Å². The van der Waals surface area contributed by atoms with E-state index in [0.717, 1.165) is 13.1 Å². The van der Waals surface area contributed by atoms with Crippen LogP contribution in [0.15, 0.2) is 6.33 Å². The van der Waals surface area contributed by atoms with Crippen molar-refractivity contribution in [1.29, 1.82) is 0 Å². The summed E-state index contributed by atoms with van der Waals surface area (Å²) < 4.78 is 27.8. The Balaban J connectivity index is 1.68. The van der Waals surface area contributed by atoms with Crippen LogP contribution in [0.4, 0.5) is 16.2 Å². The van der Waals surface area contributed by atoms with Crippen LogP contribution in [0.5, 0.6) is 0 Å². The summed E-state index contributed by atoms with van der Waals surface area (Å²) in [6, 6.07) is 0. The van der Waals surface area contributed by atoms with E-state index in [4.69, 9.17) is 9.47 Å². The Labute approximate surface area is 173 Å². The molecule has 4 heterocycles. The summed E-state index contributed by atoms with van der Waals surface area (Å²) in [5.41, 5.74) is -1.28. The fraction of sp³-hybridized carbons (Fsp3) is 0.722. The Morgan fingerprint density at radius 2 is 2.07 bits per heavy atom. The lowest BCUT2D eigenvalue weighted by Crippen LogP contribution is -2.40. The number of hydrogen-bond acceptors (Lipinski definition) is 10. The largest absolute Gasteiger partial charge is 0.394 e. The molecule has 2 aliphatic rings. The zero-order valence-corrected chi connectivity index (χ0v) is 17.3. The highest BCUT2D eigenvalue weighted by Crippen LogP contribution is 2.42. The summed E-state index contributed by atoms with van der Waals surface area (Å²) >= 11 is 0. The molecule has 0 saturated carbocycles. The number of morpholine rings is 1. The van der Waals surface area contributed by atoms with Crippen molar-refractivity contribution >= 4 is 22.9 Å². The number of imidazole rings is 1. The predicted octanol–water partition coefficient (Wildman–Crippen LogP) is -0.427. The molecule has 4 rings (SSSR count). The average molecular weight is 425 g/mol. The van der Waals surface area contributed by atoms with Gasteiger partial charge in [-0.1, -0.05) is 0 Å². The number of nitrogens with one attached hydrogen (secondary N) is 1. The van der Waals surface area contributed by atoms with Crippen molar-refractivity contribution in [1.82, 2.24) is 24.4 Å². The molecule has 11 nitrogen and oxygen atoms in total. The molecule has 0 unspecified atom stereocenters. The Morgan fingerprint density at radius 3 is 2.70 bits per heavy atom. The fourth-order valence-corrected chi connectivity index (χ4v) is 3.77. The molecule has 0 aromatic carbocycles. The van der Waals surface area contributed by atoms with E-state index in [1.165, 1.54) is 17.8 Å². The average Bonchev–Trinajstić information content (AvgIpc) is 3.25. The van der Waals surface area contributed by atoms with Gasteiger partial charge in [-0.3, -0.25) is 9.47 Å². The SMILES string of the molecule is CN(C)c1nc(NCN2CCOCC2)nc2c1ncn2[C@@H]1O[C@H](CO)[C@@H](O)[C@@]1(C)F. The van der Waals surface area contributed by atoms with Gasteiger partial charge in [0.1, 0.15) is 12.2 Å². The van der Waals surface area contributed by atoms with Gasteiger partial charge in [0.05, 0.1) is 32.8 Å². The number of aliphatic hydroxyl groups excluding tert-OH is 2. The van der Waals surface area contributed by atoms with Crippen LogP contribution in [-0.2, 0) is 9.47 Å². The van der Waals surface area contributed by atoms with Crippen LogP contribution in [0.3, 0.4) is 0 Å². The van der Waals surface area contributed by atoms with Gasteiger partial charge in [-0.15, -0.1) is 0 Å². The molecule has 2 aromatic rings. The second-order valence-corrected chi connectivity index (χ2v) is 7.96. The Bertz CT molecular complexity index is 887. The zero-order valence-electron chi connectivity index (χ0n) is 17.3. The minimum absolute atomic E-state index is 0.372. The van der Waals surface area contributed by atoms with E-state index in [1.807, 2.05) is 14.1 Å². The number of rotatable bonds is 6. The van der Waals surface area contributed by atoms with Gasteiger partial charge in [0.2, 0.25) is 5.95 Å². The maximum atomic E-state index is 15.3. The molecular weight excluding hydrogens is 397 g/mol. The number of nitrogens with zero attached hydrogens (tertiary/aromatic N) is 6. The molecule has 2 fully saturated rings. The van der Waals surface area contributed by atoms with Crippen LogP contribution < -0.4 is 10.2 Å². The molecule has 166 valence electrons. The summed E-state index contributed by atoms with van der Waals surface area (Å²) in [4.78, 5) is 17.5. The molecule has 2 saturated heterocycles. The van der Waals surface area contributed by atoms with E-state index >= 15 is 4.39 Å². The lowest BCUT2D eigenvalue weighted by Gasteiger charge is -2.27. The standard InChI is InChI=1S/C18H28FN7O4/c1-18(19)13(28)11(8-27)30-16(18)26-10-20-12-14(24(2)3)22-17(23-15(12)26)21-9-25-4-6-29-7-5-25/h10-11,13,16,27-28H,4-9H2,1-3H3,(H,21,22,23)/t11-,13-,16-,18-/m1/s1. The molecule has 12 heteroatoms. The van der Waals surface area contributed by atoms with Crippen molar-refractivity contribution in [3.63, 3.8) is 0 Å². The fourth-order valence-electron chi connectivity index (χ4n) is 3.77. The van der Waals surface area contributed by atoms with Gasteiger partial charge in [-0.2, -0.15) is 9.97 Å². The van der Waals surface area contributed by atoms with Crippen molar-refractivity contribution in [2.24, 2.45) is 0 Å². The van der Waals surface area contributed by atoms with E-state index in [1.54, 1.807) is 4.90 Å². The first kappa shape index (κ1) is 21.1. The van der Waals surface area contributed by atoms with Gasteiger partial charge in [-0.05, 0) is 6.92 Å². The van der Waals surface area contributed by atoms with Gasteiger partial charge < -0.3 is 29.9 Å². The molecule has 4 atom stereocenters. The summed E-state index contributed by atoms with van der Waals surface area (Å²) in [6.45, 7) is 4.28. The molecule has 0 bridgehead atoms. The number of ether oxygens (including phenoxy) is 2. The molecular formula is C18H28FN7O4. The highest BCUT2D eigenvalue weighted by atomic mass is 19.1. The number of aliphatic hydroxyl groups is 2. The smallest absolute Gasteiger partial charge is 0.227 e. The van der Waals surface area contributed by atoms with Crippen LogP contribution in [0.1, 0.15) is 13.2 Å². The van der Waals surface area contributed by atoms with Crippen LogP contribution in [0.2, 0.25) is 0 Å². The van der Waals surface area contributed by atoms with E-state index in [-0.39, 0.29) is 0 Å². The molecule has 2 aliphatic heterocycles. The molecule has 0 amide bonds. The lowest BCUT2D eigenvalue weighted by atomic mass is 9.98. The lowest BCUT2D eigenvalue weighted by molar-refractivity contribution is -0.0566. The van der Waals surface area contributed by atoms with Crippen LogP contribution >= 0.6 is 0 Å². The second kappa shape index (κ2) is 8.19. The monoisotopic (exact) mass is 425 g/mol. The van der Waals surface area contributed by atoms with Crippen molar-refractivity contribution in [3.8, 4) is 0 Å². The normalized spacial score (nSPS) is 30.1. The molecule has 2 aromatic heterocycles. The molecule has 0 aliphatic carbocycles. The third-order valence-electron chi connectivity index (χ3n) is 5.54. The molecule has 3 N–H and O–H groups in total. The third kappa shape index (κ3) is 3.69. The number of halogens is 1. The second-order valence-electron chi connectivity index (χ2n) is 7.96. The topological polar surface area (TPSA) is 121 Å². The number of anilines is 2. The van der Waals surface area contributed by atoms with Gasteiger partial charge in [0.25, 0.3) is 0 Å². The summed E-state index contributed by atoms with van der Waals surface area (Å²) in [7, 11) is 3.67. The van der Waals surface area contributed by atoms with Gasteiger partial charge >= 0.3 is 0 Å². The van der Waals surface area contributed by atoms with Crippen molar-refractivity contribution < 1.29 is 24.1 Å². The van der Waals surface area contributed by atoms with Gasteiger partial charge in [0.15, 0.2) is 28.9 Å². The van der Waals surface area contributed by atoms with Crippen molar-refractivity contribution in [3.05, 3.63) is 6.33 Å². The predicted molar refractivity (Wildman–Crippen MR) is 107 cm³/mol. The minimum atomic E-state index is -2.13. The van der Waals surface area contributed by atoms with Crippen molar-refractivity contribution in [2.45, 2.75) is 31.0 Å². The van der Waals surface area contributed by atoms with Gasteiger partial charge in [0, 0.05) is 27.2 Å². The first-order chi connectivity index (χ1) is 14.3. The maximum Gasteiger partial charge on any atom is 0.227 e. The molecule has 30 heavy (non-hydrogen) atoms. The van der Waals surface area contributed by atoms with E-state index in [0.29, 0.717) is 42.8 Å². The highest BCUT2D eigenvalue weighted by Gasteiger charge is 2.55. The zero-order chi connectivity index (χ0) is 21.5. The molecule has 0 radical (unpaired) electrons. The van der Waals surface area contributed by atoms with Gasteiger partial charge in [-0.25, -0.2) is 9.37 Å². The third-order valence-corrected chi connectivity index (χ3v) is 5.54. The van der Waals surface area contributed by atoms with Crippen LogP contribution in [-0.4, -0.2) is 106 Å². The molecule has 0 spiro atoms. The summed E-state index contributed by atoms with van der Waals surface area (Å²) in [5.74, 6) is 0.943. The number of hydrogen-bond donors (Lipinski definition) is 3. The van der Waals surface area contributed by atoms with Crippen LogP contribution in [0.25, 0.3) is 11.2 Å². The van der Waals surface area contributed by atoms with E-state index in [9.17, 15) is 10.2 Å². The Kier molecular flexibility index (Phi) is 5.77. The Hall–Kier alpha value is -2.12. The van der Waals surface area contributed by atoms with E-state index in [2.05, 4.69) is 25.2 Å². The summed E-state index contributed by atoms with van der Waals surface area (Å²) in [5, 5.41) is 22.9. The van der Waals surface area contributed by atoms with Crippen molar-refractivity contribution in [2.75, 3.05) is 63.9 Å². The number of alkyl halides is 1. The summed E-state index contributed by atoms with van der Waals surface area (Å²) in [6.07, 6.45) is -2.27.